The zero-order valence-electron chi connectivity index (χ0n) is 17.5. The molecule has 1 fully saturated rings. The monoisotopic (exact) mass is 435 g/mol. The lowest BCUT2D eigenvalue weighted by Gasteiger charge is -2.47. The van der Waals surface area contributed by atoms with Crippen molar-refractivity contribution in [3.63, 3.8) is 0 Å². The lowest BCUT2D eigenvalue weighted by molar-refractivity contribution is -0.164. The first kappa shape index (κ1) is 20.2. The van der Waals surface area contributed by atoms with Crippen LogP contribution in [0, 0.1) is 5.82 Å². The molecule has 0 radical (unpaired) electrons. The zero-order valence-corrected chi connectivity index (χ0v) is 17.5. The Morgan fingerprint density at radius 2 is 1.69 bits per heavy atom. The molecule has 2 aliphatic rings. The van der Waals surface area contributed by atoms with Crippen molar-refractivity contribution in [2.24, 2.45) is 0 Å². The number of benzene rings is 3. The highest BCUT2D eigenvalue weighted by Crippen LogP contribution is 2.42. The molecule has 164 valence electrons. The third-order valence-corrected chi connectivity index (χ3v) is 5.76. The topological polar surface area (TPSA) is 57.2 Å². The molecule has 3 aromatic rings. The second kappa shape index (κ2) is 8.42. The number of carbonyl (C=O) groups excluding carboxylic acids is 1. The molecule has 6 nitrogen and oxygen atoms in total. The van der Waals surface area contributed by atoms with Gasteiger partial charge in [0.2, 0.25) is 12.9 Å². The minimum atomic E-state index is -0.656. The molecule has 0 aliphatic carbocycles. The average molecular weight is 435 g/mol. The molecule has 32 heavy (non-hydrogen) atoms. The summed E-state index contributed by atoms with van der Waals surface area (Å²) in [5.74, 6) is 2.28. The molecule has 0 saturated carbocycles. The first-order chi connectivity index (χ1) is 15.6. The van der Waals surface area contributed by atoms with Gasteiger partial charge in [0.15, 0.2) is 11.5 Å². The first-order valence-electron chi connectivity index (χ1n) is 10.4. The minimum absolute atomic E-state index is 0.0920. The second-order valence-electron chi connectivity index (χ2n) is 7.68. The summed E-state index contributed by atoms with van der Waals surface area (Å²) in [6, 6.07) is 18.9. The number of β-lactam (4-membered cyclic amide) rings is 1. The van der Waals surface area contributed by atoms with Crippen molar-refractivity contribution in [2.45, 2.75) is 18.6 Å². The summed E-state index contributed by atoms with van der Waals surface area (Å²) in [6.07, 6.45) is -0.0421. The quantitative estimate of drug-likeness (QED) is 0.522. The van der Waals surface area contributed by atoms with Gasteiger partial charge in [0.1, 0.15) is 23.4 Å². The van der Waals surface area contributed by atoms with Gasteiger partial charge >= 0.3 is 0 Å². The van der Waals surface area contributed by atoms with Gasteiger partial charge in [0.25, 0.3) is 5.91 Å². The molecular formula is C25H22FNO5. The van der Waals surface area contributed by atoms with Crippen LogP contribution in [0.5, 0.6) is 23.0 Å². The van der Waals surface area contributed by atoms with E-state index in [2.05, 4.69) is 0 Å². The first-order valence-corrected chi connectivity index (χ1v) is 10.4. The summed E-state index contributed by atoms with van der Waals surface area (Å²) in [6.45, 7) is 0.675. The third-order valence-electron chi connectivity index (χ3n) is 5.76. The average Bonchev–Trinajstić information content (AvgIpc) is 3.29. The van der Waals surface area contributed by atoms with Gasteiger partial charge in [-0.05, 0) is 66.1 Å². The van der Waals surface area contributed by atoms with Gasteiger partial charge in [-0.1, -0.05) is 18.2 Å². The maximum absolute atomic E-state index is 13.2. The van der Waals surface area contributed by atoms with E-state index < -0.39 is 6.10 Å². The Kier molecular flexibility index (Phi) is 5.31. The van der Waals surface area contributed by atoms with E-state index in [0.29, 0.717) is 36.0 Å². The molecule has 2 unspecified atom stereocenters. The zero-order chi connectivity index (χ0) is 22.1. The number of carbonyl (C=O) groups is 1. The lowest BCUT2D eigenvalue weighted by Crippen LogP contribution is -2.61. The molecule has 7 heteroatoms. The van der Waals surface area contributed by atoms with Crippen LogP contribution in [-0.2, 0) is 11.2 Å². The van der Waals surface area contributed by atoms with E-state index >= 15 is 0 Å². The van der Waals surface area contributed by atoms with Crippen LogP contribution in [0.15, 0.2) is 66.7 Å². The summed E-state index contributed by atoms with van der Waals surface area (Å²) >= 11 is 0. The molecule has 1 saturated heterocycles. The molecule has 1 amide bonds. The standard InChI is InChI=1S/C25H22FNO5/c1-29-19-7-9-20(10-8-19)32-24-23(17-4-11-21-22(14-17)31-15-30-21)27(25(24)28)13-12-16-2-5-18(26)6-3-16/h2-11,14,23-24H,12-13,15H2,1H3. The number of fused-ring (bicyclic) bond motifs is 1. The predicted octanol–water partition coefficient (Wildman–Crippen LogP) is 4.14. The van der Waals surface area contributed by atoms with Gasteiger partial charge in [0, 0.05) is 6.54 Å². The Morgan fingerprint density at radius 3 is 2.44 bits per heavy atom. The van der Waals surface area contributed by atoms with Gasteiger partial charge in [-0.2, -0.15) is 0 Å². The maximum atomic E-state index is 13.2. The number of ether oxygens (including phenoxy) is 4. The van der Waals surface area contributed by atoms with Gasteiger partial charge in [-0.15, -0.1) is 0 Å². The fourth-order valence-electron chi connectivity index (χ4n) is 4.03. The summed E-state index contributed by atoms with van der Waals surface area (Å²) in [7, 11) is 1.60. The molecule has 0 spiro atoms. The van der Waals surface area contributed by atoms with Crippen molar-refractivity contribution < 1.29 is 28.1 Å². The highest BCUT2D eigenvalue weighted by atomic mass is 19.1. The van der Waals surface area contributed by atoms with Crippen LogP contribution in [0.25, 0.3) is 0 Å². The smallest absolute Gasteiger partial charge is 0.266 e. The third kappa shape index (κ3) is 3.82. The Bertz CT molecular complexity index is 1120. The van der Waals surface area contributed by atoms with E-state index in [4.69, 9.17) is 18.9 Å². The Morgan fingerprint density at radius 1 is 0.969 bits per heavy atom. The number of rotatable bonds is 7. The van der Waals surface area contributed by atoms with E-state index in [0.717, 1.165) is 11.1 Å². The molecule has 2 atom stereocenters. The number of likely N-dealkylation sites (tertiary alicyclic amines) is 1. The van der Waals surface area contributed by atoms with Crippen LogP contribution < -0.4 is 18.9 Å². The largest absolute Gasteiger partial charge is 0.497 e. The summed E-state index contributed by atoms with van der Waals surface area (Å²) in [5.41, 5.74) is 1.87. The highest BCUT2D eigenvalue weighted by Gasteiger charge is 2.50. The molecule has 5 rings (SSSR count). The van der Waals surface area contributed by atoms with Gasteiger partial charge in [0.05, 0.1) is 7.11 Å². The summed E-state index contributed by atoms with van der Waals surface area (Å²) in [5, 5.41) is 0. The van der Waals surface area contributed by atoms with Crippen LogP contribution in [-0.4, -0.2) is 37.4 Å². The SMILES string of the molecule is COc1ccc(OC2C(=O)N(CCc3ccc(F)cc3)C2c2ccc3c(c2)OCO3)cc1. The number of hydrogen-bond donors (Lipinski definition) is 0. The fourth-order valence-corrected chi connectivity index (χ4v) is 4.03. The number of hydrogen-bond acceptors (Lipinski definition) is 5. The van der Waals surface area contributed by atoms with Crippen molar-refractivity contribution in [3.8, 4) is 23.0 Å². The van der Waals surface area contributed by atoms with Crippen molar-refractivity contribution in [3.05, 3.63) is 83.7 Å². The van der Waals surface area contributed by atoms with Crippen molar-refractivity contribution >= 4 is 5.91 Å². The van der Waals surface area contributed by atoms with Gasteiger partial charge in [-0.3, -0.25) is 4.79 Å². The number of halogens is 1. The predicted molar refractivity (Wildman–Crippen MR) is 115 cm³/mol. The molecular weight excluding hydrogens is 413 g/mol. The van der Waals surface area contributed by atoms with Crippen LogP contribution >= 0.6 is 0 Å². The van der Waals surface area contributed by atoms with Crippen molar-refractivity contribution in [2.75, 3.05) is 20.4 Å². The van der Waals surface area contributed by atoms with E-state index in [-0.39, 0.29) is 24.6 Å². The molecule has 0 aromatic heterocycles. The van der Waals surface area contributed by atoms with Gasteiger partial charge < -0.3 is 23.8 Å². The number of amides is 1. The Balaban J connectivity index is 1.38. The maximum Gasteiger partial charge on any atom is 0.266 e. The number of nitrogens with zero attached hydrogens (tertiary/aromatic N) is 1. The fraction of sp³-hybridized carbons (Fsp3) is 0.240. The lowest BCUT2D eigenvalue weighted by atomic mass is 9.89. The normalized spacial score (nSPS) is 18.9. The molecule has 0 N–H and O–H groups in total. The van der Waals surface area contributed by atoms with E-state index in [1.165, 1.54) is 12.1 Å². The van der Waals surface area contributed by atoms with Crippen molar-refractivity contribution in [1.82, 2.24) is 4.90 Å². The van der Waals surface area contributed by atoms with Crippen LogP contribution in [0.1, 0.15) is 17.2 Å². The Labute approximate surface area is 185 Å². The second-order valence-corrected chi connectivity index (χ2v) is 7.68. The van der Waals surface area contributed by atoms with E-state index in [1.54, 1.807) is 48.4 Å². The molecule has 3 aromatic carbocycles. The molecule has 0 bridgehead atoms. The summed E-state index contributed by atoms with van der Waals surface area (Å²) < 4.78 is 35.4. The van der Waals surface area contributed by atoms with Crippen LogP contribution in [0.4, 0.5) is 4.39 Å². The van der Waals surface area contributed by atoms with E-state index in [9.17, 15) is 9.18 Å². The minimum Gasteiger partial charge on any atom is -0.497 e. The van der Waals surface area contributed by atoms with Crippen molar-refractivity contribution in [1.29, 1.82) is 0 Å². The summed E-state index contributed by atoms with van der Waals surface area (Å²) in [4.78, 5) is 14.8. The van der Waals surface area contributed by atoms with E-state index in [1.807, 2.05) is 18.2 Å². The number of methoxy groups -OCH3 is 1. The highest BCUT2D eigenvalue weighted by molar-refractivity contribution is 5.89. The molecule has 2 heterocycles. The van der Waals surface area contributed by atoms with Crippen LogP contribution in [0.3, 0.4) is 0 Å². The molecule has 2 aliphatic heterocycles. The van der Waals surface area contributed by atoms with Crippen LogP contribution in [0.2, 0.25) is 0 Å². The van der Waals surface area contributed by atoms with Gasteiger partial charge in [-0.25, -0.2) is 4.39 Å². The Hall–Kier alpha value is -3.74.